The van der Waals surface area contributed by atoms with Gasteiger partial charge in [0.2, 0.25) is 5.95 Å². The third-order valence-corrected chi connectivity index (χ3v) is 2.01. The number of anilines is 2. The van der Waals surface area contributed by atoms with Crippen LogP contribution in [0, 0.1) is 0 Å². The Morgan fingerprint density at radius 1 is 1.35 bits per heavy atom. The monoisotopic (exact) mass is 268 g/mol. The fraction of sp³-hybridized carbons (Fsp3) is 0.556. The van der Waals surface area contributed by atoms with Crippen LogP contribution in [0.3, 0.4) is 0 Å². The second-order valence-corrected chi connectivity index (χ2v) is 3.69. The van der Waals surface area contributed by atoms with Gasteiger partial charge in [0.1, 0.15) is 11.6 Å². The topological polar surface area (TPSA) is 49.8 Å². The molecule has 0 aliphatic heterocycles. The summed E-state index contributed by atoms with van der Waals surface area (Å²) in [5.41, 5.74) is 0. The van der Waals surface area contributed by atoms with Crippen molar-refractivity contribution >= 4 is 23.4 Å². The molecule has 0 aromatic carbocycles. The van der Waals surface area contributed by atoms with Gasteiger partial charge in [-0.25, -0.2) is 4.98 Å². The molecule has 1 rings (SSSR count). The van der Waals surface area contributed by atoms with Crippen LogP contribution in [0.1, 0.15) is 13.3 Å². The maximum atomic E-state index is 12.0. The molecule has 0 atom stereocenters. The SMILES string of the molecule is CCCNc1ncc(Cl)c(NCC(F)(F)F)n1. The highest BCUT2D eigenvalue weighted by Crippen LogP contribution is 2.22. The average Bonchev–Trinajstić information content (AvgIpc) is 2.25. The number of nitrogens with zero attached hydrogens (tertiary/aromatic N) is 2. The zero-order valence-electron chi connectivity index (χ0n) is 9.10. The van der Waals surface area contributed by atoms with Gasteiger partial charge in [0.25, 0.3) is 0 Å². The summed E-state index contributed by atoms with van der Waals surface area (Å²) in [7, 11) is 0. The molecule has 0 unspecified atom stereocenters. The molecule has 2 N–H and O–H groups in total. The van der Waals surface area contributed by atoms with Gasteiger partial charge in [0.15, 0.2) is 5.82 Å². The second-order valence-electron chi connectivity index (χ2n) is 3.29. The van der Waals surface area contributed by atoms with Crippen LogP contribution in [0.5, 0.6) is 0 Å². The summed E-state index contributed by atoms with van der Waals surface area (Å²) < 4.78 is 36.0. The fourth-order valence-electron chi connectivity index (χ4n) is 0.997. The molecule has 0 saturated heterocycles. The lowest BCUT2D eigenvalue weighted by molar-refractivity contribution is -0.115. The van der Waals surface area contributed by atoms with E-state index in [1.54, 1.807) is 0 Å². The maximum absolute atomic E-state index is 12.0. The zero-order valence-corrected chi connectivity index (χ0v) is 9.86. The largest absolute Gasteiger partial charge is 0.405 e. The molecule has 96 valence electrons. The first-order chi connectivity index (χ1) is 7.92. The molecule has 0 saturated carbocycles. The lowest BCUT2D eigenvalue weighted by Gasteiger charge is -2.11. The minimum Gasteiger partial charge on any atom is -0.360 e. The molecular weight excluding hydrogens is 257 g/mol. The lowest BCUT2D eigenvalue weighted by Crippen LogP contribution is -2.22. The van der Waals surface area contributed by atoms with Crippen molar-refractivity contribution in [2.24, 2.45) is 0 Å². The van der Waals surface area contributed by atoms with Crippen LogP contribution in [0.4, 0.5) is 24.9 Å². The van der Waals surface area contributed by atoms with Crippen LogP contribution in [0.2, 0.25) is 5.02 Å². The number of alkyl halides is 3. The van der Waals surface area contributed by atoms with Gasteiger partial charge >= 0.3 is 6.18 Å². The van der Waals surface area contributed by atoms with E-state index in [1.165, 1.54) is 6.20 Å². The van der Waals surface area contributed by atoms with Crippen molar-refractivity contribution in [3.05, 3.63) is 11.2 Å². The van der Waals surface area contributed by atoms with Crippen molar-refractivity contribution in [1.82, 2.24) is 9.97 Å². The third-order valence-electron chi connectivity index (χ3n) is 1.73. The van der Waals surface area contributed by atoms with E-state index in [9.17, 15) is 13.2 Å². The summed E-state index contributed by atoms with van der Waals surface area (Å²) in [6.07, 6.45) is -2.20. The summed E-state index contributed by atoms with van der Waals surface area (Å²) in [5.74, 6) is 0.221. The Bertz CT molecular complexity index is 370. The number of halogens is 4. The van der Waals surface area contributed by atoms with Crippen LogP contribution in [-0.4, -0.2) is 29.2 Å². The maximum Gasteiger partial charge on any atom is 0.405 e. The average molecular weight is 269 g/mol. The summed E-state index contributed by atoms with van der Waals surface area (Å²) in [5, 5.41) is 5.03. The molecule has 1 aromatic heterocycles. The molecule has 0 bridgehead atoms. The van der Waals surface area contributed by atoms with E-state index in [-0.39, 0.29) is 16.8 Å². The number of rotatable bonds is 5. The Kier molecular flexibility index (Phi) is 4.80. The van der Waals surface area contributed by atoms with E-state index < -0.39 is 12.7 Å². The van der Waals surface area contributed by atoms with Gasteiger partial charge in [-0.15, -0.1) is 0 Å². The lowest BCUT2D eigenvalue weighted by atomic mass is 10.5. The zero-order chi connectivity index (χ0) is 12.9. The molecule has 8 heteroatoms. The molecule has 1 aromatic rings. The predicted molar refractivity (Wildman–Crippen MR) is 60.4 cm³/mol. The Morgan fingerprint density at radius 3 is 2.65 bits per heavy atom. The number of hydrogen-bond donors (Lipinski definition) is 2. The molecule has 4 nitrogen and oxygen atoms in total. The number of hydrogen-bond acceptors (Lipinski definition) is 4. The van der Waals surface area contributed by atoms with Gasteiger partial charge < -0.3 is 10.6 Å². The smallest absolute Gasteiger partial charge is 0.360 e. The van der Waals surface area contributed by atoms with E-state index in [1.807, 2.05) is 6.92 Å². The quantitative estimate of drug-likeness (QED) is 0.862. The molecule has 0 radical (unpaired) electrons. The third kappa shape index (κ3) is 5.08. The van der Waals surface area contributed by atoms with Crippen molar-refractivity contribution in [2.45, 2.75) is 19.5 Å². The molecule has 0 amide bonds. The highest BCUT2D eigenvalue weighted by atomic mass is 35.5. The number of aromatic nitrogens is 2. The second kappa shape index (κ2) is 5.90. The van der Waals surface area contributed by atoms with Crippen molar-refractivity contribution in [2.75, 3.05) is 23.7 Å². The minimum atomic E-state index is -4.31. The van der Waals surface area contributed by atoms with Gasteiger partial charge in [-0.2, -0.15) is 18.2 Å². The molecule has 17 heavy (non-hydrogen) atoms. The van der Waals surface area contributed by atoms with Crippen molar-refractivity contribution in [1.29, 1.82) is 0 Å². The fourth-order valence-corrected chi connectivity index (χ4v) is 1.15. The van der Waals surface area contributed by atoms with E-state index in [0.717, 1.165) is 6.42 Å². The number of nitrogens with one attached hydrogen (secondary N) is 2. The Morgan fingerprint density at radius 2 is 2.06 bits per heavy atom. The molecule has 0 fully saturated rings. The van der Waals surface area contributed by atoms with E-state index in [0.29, 0.717) is 6.54 Å². The van der Waals surface area contributed by atoms with Crippen molar-refractivity contribution in [3.8, 4) is 0 Å². The van der Waals surface area contributed by atoms with Crippen molar-refractivity contribution < 1.29 is 13.2 Å². The van der Waals surface area contributed by atoms with Gasteiger partial charge in [-0.05, 0) is 6.42 Å². The Labute approximate surface area is 102 Å². The first kappa shape index (κ1) is 13.8. The van der Waals surface area contributed by atoms with Gasteiger partial charge in [-0.3, -0.25) is 0 Å². The molecule has 1 heterocycles. The molecule has 0 spiro atoms. The normalized spacial score (nSPS) is 11.4. The highest BCUT2D eigenvalue weighted by molar-refractivity contribution is 6.32. The molecule has 0 aliphatic rings. The van der Waals surface area contributed by atoms with Crippen LogP contribution in [0.15, 0.2) is 6.20 Å². The van der Waals surface area contributed by atoms with Gasteiger partial charge in [0, 0.05) is 6.54 Å². The van der Waals surface area contributed by atoms with Crippen molar-refractivity contribution in [3.63, 3.8) is 0 Å². The Hall–Kier alpha value is -1.24. The predicted octanol–water partition coefficient (Wildman–Crippen LogP) is 2.93. The van der Waals surface area contributed by atoms with Crippen LogP contribution in [0.25, 0.3) is 0 Å². The molecule has 0 aliphatic carbocycles. The molecular formula is C9H12ClF3N4. The van der Waals surface area contributed by atoms with Crippen LogP contribution in [-0.2, 0) is 0 Å². The highest BCUT2D eigenvalue weighted by Gasteiger charge is 2.27. The van der Waals surface area contributed by atoms with Crippen LogP contribution >= 0.6 is 11.6 Å². The Balaban J connectivity index is 2.69. The summed E-state index contributed by atoms with van der Waals surface area (Å²) in [4.78, 5) is 7.69. The van der Waals surface area contributed by atoms with Gasteiger partial charge in [-0.1, -0.05) is 18.5 Å². The first-order valence-corrected chi connectivity index (χ1v) is 5.37. The summed E-state index contributed by atoms with van der Waals surface area (Å²) in [6, 6.07) is 0. The van der Waals surface area contributed by atoms with E-state index >= 15 is 0 Å². The summed E-state index contributed by atoms with van der Waals surface area (Å²) in [6.45, 7) is 1.41. The standard InChI is InChI=1S/C9H12ClF3N4/c1-2-3-14-8-15-4-6(10)7(17-8)16-5-9(11,12)13/h4H,2-3,5H2,1H3,(H2,14,15,16,17). The van der Waals surface area contributed by atoms with Gasteiger partial charge in [0.05, 0.1) is 6.20 Å². The minimum absolute atomic E-state index is 0.0300. The van der Waals surface area contributed by atoms with E-state index in [2.05, 4.69) is 20.6 Å². The first-order valence-electron chi connectivity index (χ1n) is 4.99. The van der Waals surface area contributed by atoms with Crippen LogP contribution < -0.4 is 10.6 Å². The van der Waals surface area contributed by atoms with E-state index in [4.69, 9.17) is 11.6 Å². The summed E-state index contributed by atoms with van der Waals surface area (Å²) >= 11 is 5.68.